The summed E-state index contributed by atoms with van der Waals surface area (Å²) in [5, 5.41) is 9.04. The van der Waals surface area contributed by atoms with E-state index in [-0.39, 0.29) is 5.91 Å². The van der Waals surface area contributed by atoms with Crippen LogP contribution in [-0.2, 0) is 11.2 Å². The van der Waals surface area contributed by atoms with Gasteiger partial charge in [0.15, 0.2) is 5.58 Å². The van der Waals surface area contributed by atoms with Crippen molar-refractivity contribution >= 4 is 28.6 Å². The molecule has 2 aromatic rings. The highest BCUT2D eigenvalue weighted by molar-refractivity contribution is 8.00. The van der Waals surface area contributed by atoms with Gasteiger partial charge in [-0.1, -0.05) is 11.6 Å². The fourth-order valence-corrected chi connectivity index (χ4v) is 4.17. The molecule has 1 aromatic heterocycles. The number of amides is 1. The first kappa shape index (κ1) is 15.1. The Kier molecular flexibility index (Phi) is 4.29. The molecule has 4 rings (SSSR count). The van der Waals surface area contributed by atoms with Crippen molar-refractivity contribution in [3.05, 3.63) is 23.9 Å². The van der Waals surface area contributed by atoms with Gasteiger partial charge in [-0.3, -0.25) is 4.79 Å². The van der Waals surface area contributed by atoms with Crippen LogP contribution in [0.4, 0.5) is 0 Å². The average molecular weight is 330 g/mol. The molecule has 1 amide bonds. The smallest absolute Gasteiger partial charge is 0.220 e. The van der Waals surface area contributed by atoms with Crippen LogP contribution in [0, 0.1) is 5.92 Å². The minimum absolute atomic E-state index is 0.168. The second kappa shape index (κ2) is 6.56. The monoisotopic (exact) mass is 330 g/mol. The molecule has 2 aliphatic rings. The third-order valence-electron chi connectivity index (χ3n) is 4.73. The Bertz CT molecular complexity index is 704. The maximum Gasteiger partial charge on any atom is 0.220 e. The number of carbonyl (C=O) groups excluding carboxylic acids is 1. The Morgan fingerprint density at radius 2 is 2.17 bits per heavy atom. The van der Waals surface area contributed by atoms with Gasteiger partial charge in [0.05, 0.1) is 5.69 Å². The van der Waals surface area contributed by atoms with Crippen LogP contribution in [0.2, 0.25) is 0 Å². The summed E-state index contributed by atoms with van der Waals surface area (Å²) in [7, 11) is 0. The molecule has 0 bridgehead atoms. The van der Waals surface area contributed by atoms with Gasteiger partial charge >= 0.3 is 0 Å². The van der Waals surface area contributed by atoms with E-state index in [2.05, 4.69) is 22.6 Å². The van der Waals surface area contributed by atoms with E-state index in [1.165, 1.54) is 37.0 Å². The predicted molar refractivity (Wildman–Crippen MR) is 91.6 cm³/mol. The molecule has 0 radical (unpaired) electrons. The molecule has 2 fully saturated rings. The Hall–Kier alpha value is -1.49. The number of hydrogen-bond donors (Lipinski definition) is 1. The summed E-state index contributed by atoms with van der Waals surface area (Å²) in [4.78, 5) is 13.0. The normalized spacial score (nSPS) is 18.1. The van der Waals surface area contributed by atoms with E-state index in [4.69, 9.17) is 4.52 Å². The lowest BCUT2D eigenvalue weighted by Gasteiger charge is -2.24. The lowest BCUT2D eigenvalue weighted by atomic mass is 10.00. The van der Waals surface area contributed by atoms with Gasteiger partial charge in [-0.25, -0.2) is 0 Å². The number of hydrogen-bond acceptors (Lipinski definition) is 4. The zero-order chi connectivity index (χ0) is 15.6. The molecular weight excluding hydrogens is 308 g/mol. The van der Waals surface area contributed by atoms with Crippen LogP contribution in [-0.4, -0.2) is 22.9 Å². The van der Waals surface area contributed by atoms with Crippen molar-refractivity contribution in [2.24, 2.45) is 5.92 Å². The number of fused-ring (bicyclic) bond motifs is 1. The highest BCUT2D eigenvalue weighted by Crippen LogP contribution is 2.37. The van der Waals surface area contributed by atoms with Gasteiger partial charge in [-0.05, 0) is 49.8 Å². The molecule has 1 aromatic carbocycles. The largest absolute Gasteiger partial charge is 0.356 e. The van der Waals surface area contributed by atoms with Gasteiger partial charge in [0.25, 0.3) is 0 Å². The molecule has 0 aliphatic heterocycles. The van der Waals surface area contributed by atoms with Gasteiger partial charge in [0.2, 0.25) is 5.91 Å². The molecule has 0 unspecified atom stereocenters. The van der Waals surface area contributed by atoms with E-state index in [1.807, 2.05) is 17.8 Å². The Morgan fingerprint density at radius 1 is 1.30 bits per heavy atom. The summed E-state index contributed by atoms with van der Waals surface area (Å²) in [6.45, 7) is 0.632. The van der Waals surface area contributed by atoms with E-state index < -0.39 is 0 Å². The Balaban J connectivity index is 1.37. The quantitative estimate of drug-likeness (QED) is 0.835. The minimum atomic E-state index is 0.168. The second-order valence-electron chi connectivity index (χ2n) is 6.71. The number of carbonyl (C=O) groups is 1. The van der Waals surface area contributed by atoms with Crippen molar-refractivity contribution in [3.8, 4) is 0 Å². The number of nitrogens with one attached hydrogen (secondary N) is 1. The topological polar surface area (TPSA) is 55.1 Å². The van der Waals surface area contributed by atoms with Crippen LogP contribution >= 0.6 is 11.8 Å². The fraction of sp³-hybridized carbons (Fsp3) is 0.556. The van der Waals surface area contributed by atoms with E-state index in [0.717, 1.165) is 28.3 Å². The summed E-state index contributed by atoms with van der Waals surface area (Å²) < 4.78 is 5.41. The van der Waals surface area contributed by atoms with E-state index in [0.29, 0.717) is 18.9 Å². The Labute approximate surface area is 140 Å². The van der Waals surface area contributed by atoms with Crippen molar-refractivity contribution in [2.75, 3.05) is 6.54 Å². The highest BCUT2D eigenvalue weighted by Gasteiger charge is 2.24. The van der Waals surface area contributed by atoms with Crippen LogP contribution in [0.25, 0.3) is 11.0 Å². The maximum atomic E-state index is 11.7. The molecular formula is C18H22N2O2S. The van der Waals surface area contributed by atoms with Crippen LogP contribution < -0.4 is 5.32 Å². The third-order valence-corrected chi connectivity index (χ3v) is 6.06. The molecule has 1 N–H and O–H groups in total. The maximum absolute atomic E-state index is 11.7. The van der Waals surface area contributed by atoms with Crippen LogP contribution in [0.1, 0.15) is 44.2 Å². The van der Waals surface area contributed by atoms with Crippen molar-refractivity contribution in [2.45, 2.75) is 55.1 Å². The predicted octanol–water partition coefficient (Wildman–Crippen LogP) is 3.93. The summed E-state index contributed by atoms with van der Waals surface area (Å²) in [5.41, 5.74) is 1.78. The zero-order valence-electron chi connectivity index (χ0n) is 13.2. The van der Waals surface area contributed by atoms with Crippen LogP contribution in [0.3, 0.4) is 0 Å². The van der Waals surface area contributed by atoms with Gasteiger partial charge in [0.1, 0.15) is 0 Å². The van der Waals surface area contributed by atoms with Crippen molar-refractivity contribution in [1.29, 1.82) is 0 Å². The number of benzene rings is 1. The SMILES string of the molecule is O=C(CC1CC1)NCCc1noc2ccc(SC3CCC3)cc12. The molecule has 0 atom stereocenters. The number of thioether (sulfide) groups is 1. The standard InChI is InChI=1S/C18H22N2O2S/c21-18(10-12-4-5-12)19-9-8-16-15-11-14(23-13-2-1-3-13)6-7-17(15)22-20-16/h6-7,11-13H,1-5,8-10H2,(H,19,21). The van der Waals surface area contributed by atoms with Gasteiger partial charge in [-0.2, -0.15) is 0 Å². The van der Waals surface area contributed by atoms with Gasteiger partial charge < -0.3 is 9.84 Å². The molecule has 2 saturated carbocycles. The highest BCUT2D eigenvalue weighted by atomic mass is 32.2. The number of aromatic nitrogens is 1. The molecule has 2 aliphatic carbocycles. The first-order chi connectivity index (χ1) is 11.3. The number of rotatable bonds is 7. The minimum Gasteiger partial charge on any atom is -0.356 e. The zero-order valence-corrected chi connectivity index (χ0v) is 14.0. The summed E-state index contributed by atoms with van der Waals surface area (Å²) in [6.07, 6.45) is 7.84. The molecule has 0 spiro atoms. The lowest BCUT2D eigenvalue weighted by molar-refractivity contribution is -0.121. The van der Waals surface area contributed by atoms with Crippen LogP contribution in [0.5, 0.6) is 0 Å². The molecule has 4 nitrogen and oxygen atoms in total. The van der Waals surface area contributed by atoms with Crippen molar-refractivity contribution < 1.29 is 9.32 Å². The molecule has 5 heteroatoms. The lowest BCUT2D eigenvalue weighted by Crippen LogP contribution is -2.25. The van der Waals surface area contributed by atoms with Crippen molar-refractivity contribution in [3.63, 3.8) is 0 Å². The molecule has 0 saturated heterocycles. The Morgan fingerprint density at radius 3 is 2.91 bits per heavy atom. The van der Waals surface area contributed by atoms with E-state index >= 15 is 0 Å². The van der Waals surface area contributed by atoms with E-state index in [1.54, 1.807) is 0 Å². The third kappa shape index (κ3) is 3.71. The molecule has 1 heterocycles. The summed E-state index contributed by atoms with van der Waals surface area (Å²) >= 11 is 1.96. The molecule has 122 valence electrons. The van der Waals surface area contributed by atoms with Crippen molar-refractivity contribution in [1.82, 2.24) is 10.5 Å². The van der Waals surface area contributed by atoms with E-state index in [9.17, 15) is 4.79 Å². The number of nitrogens with zero attached hydrogens (tertiary/aromatic N) is 1. The van der Waals surface area contributed by atoms with Crippen LogP contribution in [0.15, 0.2) is 27.6 Å². The first-order valence-corrected chi connectivity index (χ1v) is 9.47. The first-order valence-electron chi connectivity index (χ1n) is 8.59. The van der Waals surface area contributed by atoms with Gasteiger partial charge in [0, 0.05) is 34.9 Å². The summed E-state index contributed by atoms with van der Waals surface area (Å²) in [6, 6.07) is 6.33. The van der Waals surface area contributed by atoms with Gasteiger partial charge in [-0.15, -0.1) is 11.8 Å². The molecule has 23 heavy (non-hydrogen) atoms. The second-order valence-corrected chi connectivity index (χ2v) is 8.08. The average Bonchev–Trinajstić information content (AvgIpc) is 3.22. The fourth-order valence-electron chi connectivity index (χ4n) is 2.88. The summed E-state index contributed by atoms with van der Waals surface area (Å²) in [5.74, 6) is 0.801.